The zero-order valence-corrected chi connectivity index (χ0v) is 15.4. The van der Waals surface area contributed by atoms with Gasteiger partial charge in [-0.05, 0) is 49.2 Å². The van der Waals surface area contributed by atoms with Gasteiger partial charge in [-0.1, -0.05) is 12.8 Å². The highest BCUT2D eigenvalue weighted by atomic mass is 16.6. The number of imide groups is 1. The normalized spacial score (nSPS) is 21.0. The molecule has 2 amide bonds. The maximum absolute atomic E-state index is 12.6. The first-order chi connectivity index (χ1) is 14.0. The average Bonchev–Trinajstić information content (AvgIpc) is 2.99. The Morgan fingerprint density at radius 2 is 1.48 bits per heavy atom. The quantitative estimate of drug-likeness (QED) is 0.258. The number of hydrogen-bond donors (Lipinski definition) is 0. The summed E-state index contributed by atoms with van der Waals surface area (Å²) in [6.45, 7) is 0. The SMILES string of the molecule is O=C(Oc1ccc(N2C(=O)[C@@H]3CCCC[C@H]3C2=O)cc1)c1ccc([N+](=O)[O-])cc1. The summed E-state index contributed by atoms with van der Waals surface area (Å²) in [6.07, 6.45) is 3.42. The van der Waals surface area contributed by atoms with Crippen molar-refractivity contribution in [2.24, 2.45) is 11.8 Å². The number of hydrogen-bond acceptors (Lipinski definition) is 6. The highest BCUT2D eigenvalue weighted by Gasteiger charge is 2.48. The topological polar surface area (TPSA) is 107 Å². The van der Waals surface area contributed by atoms with Crippen LogP contribution in [0, 0.1) is 22.0 Å². The Balaban J connectivity index is 1.46. The van der Waals surface area contributed by atoms with E-state index in [0.29, 0.717) is 5.69 Å². The van der Waals surface area contributed by atoms with Crippen LogP contribution in [-0.2, 0) is 9.59 Å². The number of nitro groups is 1. The number of carbonyl (C=O) groups is 3. The molecule has 0 spiro atoms. The molecule has 0 radical (unpaired) electrons. The fourth-order valence-electron chi connectivity index (χ4n) is 3.97. The van der Waals surface area contributed by atoms with E-state index in [1.807, 2.05) is 0 Å². The minimum absolute atomic E-state index is 0.119. The number of nitro benzene ring substituents is 1. The van der Waals surface area contributed by atoms with Crippen molar-refractivity contribution in [2.45, 2.75) is 25.7 Å². The van der Waals surface area contributed by atoms with Gasteiger partial charge in [-0.3, -0.25) is 24.6 Å². The standard InChI is InChI=1S/C21H18N2O6/c24-19-17-3-1-2-4-18(17)20(25)22(19)14-9-11-16(12-10-14)29-21(26)13-5-7-15(8-6-13)23(27)28/h5-12,17-18H,1-4H2/t17-,18-/m1/s1. The van der Waals surface area contributed by atoms with Crippen LogP contribution in [0.2, 0.25) is 0 Å². The molecule has 0 N–H and O–H groups in total. The molecule has 0 bridgehead atoms. The highest BCUT2D eigenvalue weighted by molar-refractivity contribution is 6.22. The zero-order valence-electron chi connectivity index (χ0n) is 15.4. The van der Waals surface area contributed by atoms with Crippen LogP contribution >= 0.6 is 0 Å². The lowest BCUT2D eigenvalue weighted by Gasteiger charge is -2.19. The van der Waals surface area contributed by atoms with E-state index in [-0.39, 0.29) is 40.7 Å². The van der Waals surface area contributed by atoms with E-state index >= 15 is 0 Å². The Morgan fingerprint density at radius 3 is 2.00 bits per heavy atom. The number of rotatable bonds is 4. The molecular weight excluding hydrogens is 376 g/mol. The summed E-state index contributed by atoms with van der Waals surface area (Å²) in [7, 11) is 0. The summed E-state index contributed by atoms with van der Waals surface area (Å²) >= 11 is 0. The fourth-order valence-corrected chi connectivity index (χ4v) is 3.97. The van der Waals surface area contributed by atoms with Gasteiger partial charge >= 0.3 is 5.97 Å². The van der Waals surface area contributed by atoms with E-state index in [0.717, 1.165) is 25.7 Å². The van der Waals surface area contributed by atoms with Crippen molar-refractivity contribution in [2.75, 3.05) is 4.90 Å². The van der Waals surface area contributed by atoms with Crippen molar-refractivity contribution in [3.8, 4) is 5.75 Å². The molecule has 2 aliphatic rings. The largest absolute Gasteiger partial charge is 0.423 e. The van der Waals surface area contributed by atoms with Gasteiger partial charge in [0.05, 0.1) is 28.0 Å². The molecule has 2 fully saturated rings. The van der Waals surface area contributed by atoms with Crippen molar-refractivity contribution >= 4 is 29.2 Å². The van der Waals surface area contributed by atoms with Crippen molar-refractivity contribution in [1.29, 1.82) is 0 Å². The second kappa shape index (κ2) is 7.46. The van der Waals surface area contributed by atoms with E-state index < -0.39 is 10.9 Å². The molecule has 8 nitrogen and oxygen atoms in total. The summed E-state index contributed by atoms with van der Waals surface area (Å²) in [5.41, 5.74) is 0.518. The van der Waals surface area contributed by atoms with Crippen LogP contribution in [0.4, 0.5) is 11.4 Å². The van der Waals surface area contributed by atoms with Gasteiger partial charge in [0.25, 0.3) is 5.69 Å². The van der Waals surface area contributed by atoms with E-state index in [1.54, 1.807) is 12.1 Å². The van der Waals surface area contributed by atoms with Gasteiger partial charge in [0.1, 0.15) is 5.75 Å². The van der Waals surface area contributed by atoms with Gasteiger partial charge in [0.2, 0.25) is 11.8 Å². The highest BCUT2D eigenvalue weighted by Crippen LogP contribution is 2.40. The number of carbonyl (C=O) groups excluding carboxylic acids is 3. The minimum atomic E-state index is -0.660. The Labute approximate surface area is 166 Å². The Morgan fingerprint density at radius 1 is 0.931 bits per heavy atom. The number of anilines is 1. The smallest absolute Gasteiger partial charge is 0.343 e. The summed E-state index contributed by atoms with van der Waals surface area (Å²) in [5.74, 6) is -1.18. The number of benzene rings is 2. The number of amides is 2. The first-order valence-corrected chi connectivity index (χ1v) is 9.40. The van der Waals surface area contributed by atoms with Gasteiger partial charge in [-0.2, -0.15) is 0 Å². The fraction of sp³-hybridized carbons (Fsp3) is 0.286. The average molecular weight is 394 g/mol. The first-order valence-electron chi connectivity index (χ1n) is 9.40. The molecule has 2 atom stereocenters. The molecule has 29 heavy (non-hydrogen) atoms. The summed E-state index contributed by atoms with van der Waals surface area (Å²) in [4.78, 5) is 48.9. The zero-order chi connectivity index (χ0) is 20.5. The van der Waals surface area contributed by atoms with Crippen LogP contribution < -0.4 is 9.64 Å². The molecule has 1 saturated heterocycles. The van der Waals surface area contributed by atoms with Crippen LogP contribution in [0.1, 0.15) is 36.0 Å². The first kappa shape index (κ1) is 18.8. The van der Waals surface area contributed by atoms with Crippen LogP contribution in [-0.4, -0.2) is 22.7 Å². The van der Waals surface area contributed by atoms with E-state index in [1.165, 1.54) is 41.3 Å². The lowest BCUT2D eigenvalue weighted by Crippen LogP contribution is -2.30. The molecule has 2 aromatic rings. The number of non-ortho nitro benzene ring substituents is 1. The molecule has 0 aromatic heterocycles. The number of fused-ring (bicyclic) bond motifs is 1. The molecule has 1 aliphatic carbocycles. The molecule has 4 rings (SSSR count). The van der Waals surface area contributed by atoms with Crippen molar-refractivity contribution in [3.63, 3.8) is 0 Å². The Bertz CT molecular complexity index is 959. The van der Waals surface area contributed by atoms with Crippen LogP contribution in [0.5, 0.6) is 5.75 Å². The summed E-state index contributed by atoms with van der Waals surface area (Å²) < 4.78 is 5.27. The number of esters is 1. The van der Waals surface area contributed by atoms with Gasteiger partial charge in [0.15, 0.2) is 0 Å². The van der Waals surface area contributed by atoms with Gasteiger partial charge in [-0.15, -0.1) is 0 Å². The Kier molecular flexibility index (Phi) is 4.84. The van der Waals surface area contributed by atoms with E-state index in [2.05, 4.69) is 0 Å². The third kappa shape index (κ3) is 3.49. The van der Waals surface area contributed by atoms with Crippen LogP contribution in [0.3, 0.4) is 0 Å². The molecule has 148 valence electrons. The number of ether oxygens (including phenoxy) is 1. The predicted molar refractivity (Wildman–Crippen MR) is 102 cm³/mol. The van der Waals surface area contributed by atoms with E-state index in [9.17, 15) is 24.5 Å². The molecule has 1 heterocycles. The summed E-state index contributed by atoms with van der Waals surface area (Å²) in [6, 6.07) is 11.3. The maximum Gasteiger partial charge on any atom is 0.343 e. The van der Waals surface area contributed by atoms with Gasteiger partial charge < -0.3 is 4.74 Å². The number of nitrogens with zero attached hydrogens (tertiary/aromatic N) is 2. The molecule has 0 unspecified atom stereocenters. The molecule has 8 heteroatoms. The summed E-state index contributed by atoms with van der Waals surface area (Å²) in [5, 5.41) is 10.7. The van der Waals surface area contributed by atoms with Gasteiger partial charge in [0, 0.05) is 12.1 Å². The van der Waals surface area contributed by atoms with Crippen molar-refractivity contribution in [3.05, 3.63) is 64.2 Å². The molecule has 1 aliphatic heterocycles. The van der Waals surface area contributed by atoms with Crippen molar-refractivity contribution in [1.82, 2.24) is 0 Å². The second-order valence-corrected chi connectivity index (χ2v) is 7.20. The lowest BCUT2D eigenvalue weighted by molar-refractivity contribution is -0.384. The Hall–Kier alpha value is -3.55. The van der Waals surface area contributed by atoms with Gasteiger partial charge in [-0.25, -0.2) is 4.79 Å². The predicted octanol–water partition coefficient (Wildman–Crippen LogP) is 3.49. The van der Waals surface area contributed by atoms with Crippen LogP contribution in [0.25, 0.3) is 0 Å². The third-order valence-electron chi connectivity index (χ3n) is 5.46. The third-order valence-corrected chi connectivity index (χ3v) is 5.46. The maximum atomic E-state index is 12.6. The monoisotopic (exact) mass is 394 g/mol. The minimum Gasteiger partial charge on any atom is -0.423 e. The molecule has 2 aromatic carbocycles. The molecular formula is C21H18N2O6. The second-order valence-electron chi connectivity index (χ2n) is 7.20. The lowest BCUT2D eigenvalue weighted by atomic mass is 9.81. The van der Waals surface area contributed by atoms with Crippen molar-refractivity contribution < 1.29 is 24.0 Å². The molecule has 1 saturated carbocycles. The van der Waals surface area contributed by atoms with Crippen LogP contribution in [0.15, 0.2) is 48.5 Å². The van der Waals surface area contributed by atoms with E-state index in [4.69, 9.17) is 4.74 Å².